The van der Waals surface area contributed by atoms with Crippen LogP contribution in [0.15, 0.2) is 0 Å². The minimum atomic E-state index is -1.19. The van der Waals surface area contributed by atoms with Gasteiger partial charge in [0.25, 0.3) is 0 Å². The Kier molecular flexibility index (Phi) is 2.25. The molecule has 3 unspecified atom stereocenters. The molecule has 10 heavy (non-hydrogen) atoms. The molecular weight excluding hydrogens is 136 g/mol. The van der Waals surface area contributed by atoms with E-state index in [9.17, 15) is 0 Å². The predicted octanol–water partition coefficient (Wildman–Crippen LogP) is -1.78. The summed E-state index contributed by atoms with van der Waals surface area (Å²) in [6.45, 7) is 0. The molecule has 4 heteroatoms. The van der Waals surface area contributed by atoms with E-state index in [0.717, 1.165) is 0 Å². The summed E-state index contributed by atoms with van der Waals surface area (Å²) in [5, 5.41) is 35.8. The summed E-state index contributed by atoms with van der Waals surface area (Å²) in [6.07, 6.45) is -3.47. The van der Waals surface area contributed by atoms with E-state index in [-0.39, 0.29) is 0 Å². The van der Waals surface area contributed by atoms with Gasteiger partial charge in [0.05, 0.1) is 12.2 Å². The van der Waals surface area contributed by atoms with Crippen molar-refractivity contribution in [1.29, 1.82) is 0 Å². The average molecular weight is 148 g/mol. The molecule has 0 aliphatic heterocycles. The van der Waals surface area contributed by atoms with Crippen molar-refractivity contribution in [2.45, 2.75) is 37.3 Å². The van der Waals surface area contributed by atoms with Crippen LogP contribution in [0.1, 0.15) is 12.8 Å². The molecule has 4 atom stereocenters. The third-order valence-corrected chi connectivity index (χ3v) is 1.90. The third kappa shape index (κ3) is 1.29. The molecule has 0 heterocycles. The van der Waals surface area contributed by atoms with E-state index >= 15 is 0 Å². The van der Waals surface area contributed by atoms with Gasteiger partial charge in [0.15, 0.2) is 0 Å². The monoisotopic (exact) mass is 148 g/mol. The van der Waals surface area contributed by atoms with Crippen LogP contribution in [0, 0.1) is 0 Å². The highest BCUT2D eigenvalue weighted by Crippen LogP contribution is 2.19. The highest BCUT2D eigenvalue weighted by Gasteiger charge is 2.34. The standard InChI is InChI=1S/C6H12O4/c7-3-1-2-4(8)6(10)5(3)9/h3-10H,1-2H2/t3?,4?,5-,6?/m0/s1. The molecule has 0 amide bonds. The Balaban J connectivity index is 2.52. The first-order valence-corrected chi connectivity index (χ1v) is 3.35. The van der Waals surface area contributed by atoms with Crippen LogP contribution < -0.4 is 0 Å². The Morgan fingerprint density at radius 3 is 1.30 bits per heavy atom. The largest absolute Gasteiger partial charge is 0.390 e. The topological polar surface area (TPSA) is 80.9 Å². The van der Waals surface area contributed by atoms with Gasteiger partial charge in [0.2, 0.25) is 0 Å². The van der Waals surface area contributed by atoms with Crippen molar-refractivity contribution < 1.29 is 20.4 Å². The average Bonchev–Trinajstić information content (AvgIpc) is 1.93. The Morgan fingerprint density at radius 1 is 0.700 bits per heavy atom. The summed E-state index contributed by atoms with van der Waals surface area (Å²) in [4.78, 5) is 0. The van der Waals surface area contributed by atoms with Crippen molar-refractivity contribution in [3.8, 4) is 0 Å². The van der Waals surface area contributed by atoms with E-state index < -0.39 is 24.4 Å². The van der Waals surface area contributed by atoms with Crippen LogP contribution in [-0.4, -0.2) is 44.8 Å². The van der Waals surface area contributed by atoms with Gasteiger partial charge in [0.1, 0.15) is 12.2 Å². The Hall–Kier alpha value is -0.160. The van der Waals surface area contributed by atoms with Crippen molar-refractivity contribution >= 4 is 0 Å². The predicted molar refractivity (Wildman–Crippen MR) is 33.3 cm³/mol. The van der Waals surface area contributed by atoms with Gasteiger partial charge in [-0.15, -0.1) is 0 Å². The molecule has 4 nitrogen and oxygen atoms in total. The van der Waals surface area contributed by atoms with Gasteiger partial charge < -0.3 is 20.4 Å². The SMILES string of the molecule is OC1CCC(O)[C@H](O)C1O. The Bertz CT molecular complexity index is 102. The lowest BCUT2D eigenvalue weighted by Crippen LogP contribution is -2.48. The molecule has 60 valence electrons. The minimum absolute atomic E-state index is 0.347. The van der Waals surface area contributed by atoms with Gasteiger partial charge in [-0.1, -0.05) is 0 Å². The highest BCUT2D eigenvalue weighted by atomic mass is 16.4. The van der Waals surface area contributed by atoms with Gasteiger partial charge >= 0.3 is 0 Å². The minimum Gasteiger partial charge on any atom is -0.390 e. The molecule has 0 spiro atoms. The number of hydrogen-bond donors (Lipinski definition) is 4. The van der Waals surface area contributed by atoms with E-state index in [1.54, 1.807) is 0 Å². The van der Waals surface area contributed by atoms with Crippen LogP contribution in [0.2, 0.25) is 0 Å². The lowest BCUT2D eigenvalue weighted by molar-refractivity contribution is -0.135. The molecule has 1 aliphatic carbocycles. The van der Waals surface area contributed by atoms with Crippen LogP contribution in [0.25, 0.3) is 0 Å². The first kappa shape index (κ1) is 7.94. The zero-order valence-electron chi connectivity index (χ0n) is 5.51. The number of rotatable bonds is 0. The molecule has 0 bridgehead atoms. The maximum atomic E-state index is 8.96. The second-order valence-corrected chi connectivity index (χ2v) is 2.69. The van der Waals surface area contributed by atoms with Crippen LogP contribution in [-0.2, 0) is 0 Å². The van der Waals surface area contributed by atoms with E-state index in [1.807, 2.05) is 0 Å². The number of hydrogen-bond acceptors (Lipinski definition) is 4. The molecule has 1 saturated carbocycles. The molecule has 0 radical (unpaired) electrons. The van der Waals surface area contributed by atoms with E-state index in [2.05, 4.69) is 0 Å². The van der Waals surface area contributed by atoms with Crippen molar-refractivity contribution in [1.82, 2.24) is 0 Å². The van der Waals surface area contributed by atoms with Crippen LogP contribution in [0.4, 0.5) is 0 Å². The van der Waals surface area contributed by atoms with Crippen molar-refractivity contribution in [3.63, 3.8) is 0 Å². The zero-order valence-corrected chi connectivity index (χ0v) is 5.51. The smallest absolute Gasteiger partial charge is 0.108 e. The first-order valence-electron chi connectivity index (χ1n) is 3.35. The molecule has 0 aromatic rings. The molecule has 0 aromatic heterocycles. The fourth-order valence-electron chi connectivity index (χ4n) is 1.14. The lowest BCUT2D eigenvalue weighted by atomic mass is 9.90. The summed E-state index contributed by atoms with van der Waals surface area (Å²) >= 11 is 0. The second kappa shape index (κ2) is 2.84. The van der Waals surface area contributed by atoms with Gasteiger partial charge in [0, 0.05) is 0 Å². The lowest BCUT2D eigenvalue weighted by Gasteiger charge is -2.31. The molecular formula is C6H12O4. The van der Waals surface area contributed by atoms with E-state index in [0.29, 0.717) is 12.8 Å². The summed E-state index contributed by atoms with van der Waals surface area (Å²) in [7, 11) is 0. The Morgan fingerprint density at radius 2 is 1.00 bits per heavy atom. The molecule has 1 rings (SSSR count). The van der Waals surface area contributed by atoms with Crippen LogP contribution >= 0.6 is 0 Å². The molecule has 1 aliphatic rings. The fraction of sp³-hybridized carbons (Fsp3) is 1.00. The van der Waals surface area contributed by atoms with Crippen LogP contribution in [0.3, 0.4) is 0 Å². The zero-order chi connectivity index (χ0) is 7.72. The maximum Gasteiger partial charge on any atom is 0.108 e. The van der Waals surface area contributed by atoms with Gasteiger partial charge in [-0.2, -0.15) is 0 Å². The van der Waals surface area contributed by atoms with Gasteiger partial charge in [-0.3, -0.25) is 0 Å². The number of aliphatic hydroxyl groups excluding tert-OH is 4. The number of aliphatic hydroxyl groups is 4. The van der Waals surface area contributed by atoms with Crippen LogP contribution in [0.5, 0.6) is 0 Å². The van der Waals surface area contributed by atoms with Gasteiger partial charge in [-0.05, 0) is 12.8 Å². The quantitative estimate of drug-likeness (QED) is 0.327. The van der Waals surface area contributed by atoms with E-state index in [1.165, 1.54) is 0 Å². The summed E-state index contributed by atoms with van der Waals surface area (Å²) in [5.41, 5.74) is 0. The summed E-state index contributed by atoms with van der Waals surface area (Å²) in [6, 6.07) is 0. The Labute approximate surface area is 58.7 Å². The van der Waals surface area contributed by atoms with Crippen molar-refractivity contribution in [2.75, 3.05) is 0 Å². The molecule has 1 fully saturated rings. The van der Waals surface area contributed by atoms with Gasteiger partial charge in [-0.25, -0.2) is 0 Å². The fourth-order valence-corrected chi connectivity index (χ4v) is 1.14. The molecule has 4 N–H and O–H groups in total. The second-order valence-electron chi connectivity index (χ2n) is 2.69. The summed E-state index contributed by atoms with van der Waals surface area (Å²) < 4.78 is 0. The van der Waals surface area contributed by atoms with Crippen molar-refractivity contribution in [2.24, 2.45) is 0 Å². The molecule has 0 saturated heterocycles. The third-order valence-electron chi connectivity index (χ3n) is 1.90. The normalized spacial score (nSPS) is 49.2. The highest BCUT2D eigenvalue weighted by molar-refractivity contribution is 4.86. The van der Waals surface area contributed by atoms with Crippen molar-refractivity contribution in [3.05, 3.63) is 0 Å². The summed E-state index contributed by atoms with van der Waals surface area (Å²) in [5.74, 6) is 0. The van der Waals surface area contributed by atoms with E-state index in [4.69, 9.17) is 20.4 Å². The first-order chi connectivity index (χ1) is 4.63. The molecule has 0 aromatic carbocycles. The maximum absolute atomic E-state index is 8.96.